The Hall–Kier alpha value is -1.68. The first-order chi connectivity index (χ1) is 17.8. The van der Waals surface area contributed by atoms with E-state index >= 15 is 0 Å². The van der Waals surface area contributed by atoms with Crippen LogP contribution >= 0.6 is 11.3 Å². The molecule has 0 aromatic carbocycles. The first-order valence-electron chi connectivity index (χ1n) is 15.2. The molecule has 3 nitrogen and oxygen atoms in total. The zero-order valence-corrected chi connectivity index (χ0v) is 24.5. The van der Waals surface area contributed by atoms with Crippen LogP contribution in [0.4, 0.5) is 10.9 Å². The first-order valence-corrected chi connectivity index (χ1v) is 16.0. The quantitative estimate of drug-likeness (QED) is 0.397. The van der Waals surface area contributed by atoms with E-state index in [2.05, 4.69) is 51.0 Å². The van der Waals surface area contributed by atoms with Crippen LogP contribution in [0.3, 0.4) is 0 Å². The molecule has 7 atom stereocenters. The normalized spacial score (nSPS) is 35.2. The van der Waals surface area contributed by atoms with Gasteiger partial charge in [-0.15, -0.1) is 0 Å². The van der Waals surface area contributed by atoms with Gasteiger partial charge in [-0.25, -0.2) is 9.97 Å². The van der Waals surface area contributed by atoms with Gasteiger partial charge in [-0.2, -0.15) is 0 Å². The molecular formula is C33H47N3S. The zero-order chi connectivity index (χ0) is 25.8. The highest BCUT2D eigenvalue weighted by molar-refractivity contribution is 7.16. The summed E-state index contributed by atoms with van der Waals surface area (Å²) in [6.45, 7) is 12.7. The Bertz CT molecular complexity index is 1140. The van der Waals surface area contributed by atoms with E-state index in [1.165, 1.54) is 68.4 Å². The number of aromatic nitrogens is 2. The number of pyridine rings is 1. The summed E-state index contributed by atoms with van der Waals surface area (Å²) in [7, 11) is 0. The van der Waals surface area contributed by atoms with E-state index in [1.54, 1.807) is 5.57 Å². The van der Waals surface area contributed by atoms with Crippen LogP contribution in [0.15, 0.2) is 30.5 Å². The number of hydrogen-bond donors (Lipinski definition) is 1. The second-order valence-electron chi connectivity index (χ2n) is 13.8. The van der Waals surface area contributed by atoms with Gasteiger partial charge in [0.2, 0.25) is 0 Å². The molecular weight excluding hydrogens is 470 g/mol. The summed E-state index contributed by atoms with van der Waals surface area (Å²) < 4.78 is 0. The lowest BCUT2D eigenvalue weighted by Gasteiger charge is -2.57. The number of nitrogens with one attached hydrogen (secondary N) is 1. The molecule has 0 radical (unpaired) electrons. The van der Waals surface area contributed by atoms with Crippen LogP contribution in [0.25, 0.3) is 5.57 Å². The molecule has 37 heavy (non-hydrogen) atoms. The van der Waals surface area contributed by atoms with Gasteiger partial charge in [-0.3, -0.25) is 0 Å². The molecule has 0 aliphatic heterocycles. The van der Waals surface area contributed by atoms with E-state index in [9.17, 15) is 0 Å². The third kappa shape index (κ3) is 4.39. The third-order valence-electron chi connectivity index (χ3n) is 11.4. The fourth-order valence-electron chi connectivity index (χ4n) is 9.50. The molecule has 0 bridgehead atoms. The highest BCUT2D eigenvalue weighted by Crippen LogP contribution is 2.68. The molecule has 4 aliphatic rings. The Balaban J connectivity index is 1.22. The summed E-state index contributed by atoms with van der Waals surface area (Å²) in [5, 5.41) is 4.46. The summed E-state index contributed by atoms with van der Waals surface area (Å²) in [6.07, 6.45) is 18.2. The number of thiazole rings is 1. The van der Waals surface area contributed by atoms with Crippen molar-refractivity contribution in [3.05, 3.63) is 41.0 Å². The highest BCUT2D eigenvalue weighted by atomic mass is 32.1. The standard InChI is InChI=1S/C33H47N3S/c1-21(2)9-8-10-22(3)24-14-15-25-23-12-13-27-30-28(35-31(37-30)36-29-11-6-7-20-34-29)17-19-33(27,5)26(23)16-18-32(24,25)4/h6-7,11,13,20-26H,8-10,12,14-19H2,1-5H3,(H,34,35,36)/t22?,23-,24?,25-,26-,32+,33+/m0/s1. The lowest BCUT2D eigenvalue weighted by molar-refractivity contribution is -0.0392. The maximum Gasteiger partial charge on any atom is 0.189 e. The van der Waals surface area contributed by atoms with Crippen molar-refractivity contribution in [1.82, 2.24) is 9.97 Å². The fourth-order valence-corrected chi connectivity index (χ4v) is 10.7. The Morgan fingerprint density at radius 1 is 1.05 bits per heavy atom. The SMILES string of the molecule is CC(C)CCCC(C)C1CC[C@H]2[C@@H]3CC=C4c5sc(Nc6ccccn6)nc5CC[C@]4(C)[C@H]3CC[C@]12C. The Morgan fingerprint density at radius 2 is 1.92 bits per heavy atom. The van der Waals surface area contributed by atoms with Crippen LogP contribution in [-0.2, 0) is 6.42 Å². The van der Waals surface area contributed by atoms with Crippen molar-refractivity contribution >= 4 is 27.9 Å². The maximum atomic E-state index is 5.03. The molecule has 2 fully saturated rings. The van der Waals surface area contributed by atoms with Gasteiger partial charge < -0.3 is 5.32 Å². The van der Waals surface area contributed by atoms with Crippen LogP contribution in [0.2, 0.25) is 0 Å². The molecule has 2 heterocycles. The van der Waals surface area contributed by atoms with Crippen LogP contribution in [0.5, 0.6) is 0 Å². The van der Waals surface area contributed by atoms with Gasteiger partial charge in [-0.1, -0.05) is 77.4 Å². The molecule has 0 spiro atoms. The number of allylic oxidation sites excluding steroid dienone is 2. The van der Waals surface area contributed by atoms with Gasteiger partial charge in [0.1, 0.15) is 5.82 Å². The summed E-state index contributed by atoms with van der Waals surface area (Å²) >= 11 is 1.86. The third-order valence-corrected chi connectivity index (χ3v) is 12.4. The summed E-state index contributed by atoms with van der Waals surface area (Å²) in [5.41, 5.74) is 3.81. The topological polar surface area (TPSA) is 37.8 Å². The number of nitrogens with zero attached hydrogens (tertiary/aromatic N) is 2. The molecule has 4 aliphatic carbocycles. The summed E-state index contributed by atoms with van der Waals surface area (Å²) in [6, 6.07) is 6.01. The average Bonchev–Trinajstić information content (AvgIpc) is 3.44. The lowest BCUT2D eigenvalue weighted by atomic mass is 9.47. The van der Waals surface area contributed by atoms with Crippen LogP contribution in [0.1, 0.15) is 103 Å². The molecule has 2 aromatic rings. The molecule has 2 saturated carbocycles. The van der Waals surface area contributed by atoms with Gasteiger partial charge in [0, 0.05) is 6.20 Å². The smallest absolute Gasteiger partial charge is 0.189 e. The van der Waals surface area contributed by atoms with Crippen molar-refractivity contribution < 1.29 is 0 Å². The largest absolute Gasteiger partial charge is 0.316 e. The zero-order valence-electron chi connectivity index (χ0n) is 23.7. The molecule has 1 N–H and O–H groups in total. The fraction of sp³-hybridized carbons (Fsp3) is 0.697. The van der Waals surface area contributed by atoms with Crippen LogP contribution in [-0.4, -0.2) is 9.97 Å². The predicted octanol–water partition coefficient (Wildman–Crippen LogP) is 9.54. The molecule has 0 amide bonds. The van der Waals surface area contributed by atoms with E-state index in [1.807, 2.05) is 35.7 Å². The minimum atomic E-state index is 0.313. The number of rotatable bonds is 7. The van der Waals surface area contributed by atoms with E-state index in [0.717, 1.165) is 52.9 Å². The van der Waals surface area contributed by atoms with Crippen molar-refractivity contribution in [3.8, 4) is 0 Å². The predicted molar refractivity (Wildman–Crippen MR) is 157 cm³/mol. The van der Waals surface area contributed by atoms with Crippen molar-refractivity contribution in [3.63, 3.8) is 0 Å². The van der Waals surface area contributed by atoms with Gasteiger partial charge in [0.05, 0.1) is 10.6 Å². The van der Waals surface area contributed by atoms with Gasteiger partial charge in [-0.05, 0) is 109 Å². The van der Waals surface area contributed by atoms with Crippen LogP contribution in [0, 0.1) is 46.3 Å². The van der Waals surface area contributed by atoms with Gasteiger partial charge in [0.25, 0.3) is 0 Å². The second-order valence-corrected chi connectivity index (χ2v) is 14.8. The van der Waals surface area contributed by atoms with Gasteiger partial charge in [0.15, 0.2) is 5.13 Å². The number of fused-ring (bicyclic) bond motifs is 7. The van der Waals surface area contributed by atoms with Crippen molar-refractivity contribution in [2.24, 2.45) is 46.3 Å². The summed E-state index contributed by atoms with van der Waals surface area (Å²) in [5.74, 6) is 6.18. The van der Waals surface area contributed by atoms with E-state index in [0.29, 0.717) is 10.8 Å². The first kappa shape index (κ1) is 25.6. The van der Waals surface area contributed by atoms with Crippen molar-refractivity contribution in [1.29, 1.82) is 0 Å². The molecule has 2 aromatic heterocycles. The van der Waals surface area contributed by atoms with Crippen molar-refractivity contribution in [2.45, 2.75) is 98.8 Å². The molecule has 4 heteroatoms. The number of anilines is 2. The molecule has 2 unspecified atom stereocenters. The molecule has 200 valence electrons. The minimum absolute atomic E-state index is 0.313. The average molecular weight is 518 g/mol. The molecule has 0 saturated heterocycles. The second kappa shape index (κ2) is 9.81. The van der Waals surface area contributed by atoms with Gasteiger partial charge >= 0.3 is 0 Å². The lowest BCUT2D eigenvalue weighted by Crippen LogP contribution is -2.49. The van der Waals surface area contributed by atoms with E-state index < -0.39 is 0 Å². The Morgan fingerprint density at radius 3 is 2.70 bits per heavy atom. The number of aryl methyl sites for hydroxylation is 1. The Labute approximate surface area is 229 Å². The van der Waals surface area contributed by atoms with Crippen LogP contribution < -0.4 is 5.32 Å². The maximum absolute atomic E-state index is 5.03. The Kier molecular flexibility index (Phi) is 6.79. The van der Waals surface area contributed by atoms with Crippen molar-refractivity contribution in [2.75, 3.05) is 5.32 Å². The molecule has 6 rings (SSSR count). The monoisotopic (exact) mass is 517 g/mol. The summed E-state index contributed by atoms with van der Waals surface area (Å²) in [4.78, 5) is 10.9. The minimum Gasteiger partial charge on any atom is -0.316 e. The van der Waals surface area contributed by atoms with E-state index in [4.69, 9.17) is 4.98 Å². The highest BCUT2D eigenvalue weighted by Gasteiger charge is 2.59. The number of hydrogen-bond acceptors (Lipinski definition) is 4. The van der Waals surface area contributed by atoms with E-state index in [-0.39, 0.29) is 0 Å².